The Morgan fingerprint density at radius 1 is 1.25 bits per heavy atom. The topological polar surface area (TPSA) is 46.6 Å². The fourth-order valence-corrected chi connectivity index (χ4v) is 4.61. The number of ether oxygens (including phenoxy) is 1. The molecule has 4 nitrogen and oxygen atoms in total. The summed E-state index contributed by atoms with van der Waals surface area (Å²) in [5, 5.41) is 0.584. The average molecular weight is 404 g/mol. The highest BCUT2D eigenvalue weighted by molar-refractivity contribution is 7.14. The molecule has 2 aliphatic rings. The van der Waals surface area contributed by atoms with Crippen molar-refractivity contribution in [1.29, 1.82) is 0 Å². The van der Waals surface area contributed by atoms with Gasteiger partial charge in [-0.05, 0) is 37.0 Å². The number of hydrogen-bond acceptors (Lipinski definition) is 5. The molecule has 0 bridgehead atoms. The third-order valence-corrected chi connectivity index (χ3v) is 6.05. The largest absolute Gasteiger partial charge is 0.416 e. The predicted octanol–water partition coefficient (Wildman–Crippen LogP) is 4.92. The van der Waals surface area contributed by atoms with Gasteiger partial charge in [0.1, 0.15) is 5.82 Å². The molecule has 0 spiro atoms. The first-order valence-electron chi connectivity index (χ1n) is 9.85. The van der Waals surface area contributed by atoms with Gasteiger partial charge in [0.25, 0.3) is 0 Å². The lowest BCUT2D eigenvalue weighted by Crippen LogP contribution is -2.38. The Bertz CT molecular complexity index is 859. The molecule has 1 aliphatic carbocycles. The van der Waals surface area contributed by atoms with Gasteiger partial charge in [-0.25, -0.2) is 4.39 Å². The molecular formula is C22H26FNO3S. The fourth-order valence-electron chi connectivity index (χ4n) is 3.56. The lowest BCUT2D eigenvalue weighted by atomic mass is 9.95. The van der Waals surface area contributed by atoms with Crippen LogP contribution in [0.5, 0.6) is 5.06 Å². The van der Waals surface area contributed by atoms with Crippen LogP contribution in [0.3, 0.4) is 0 Å². The van der Waals surface area contributed by atoms with E-state index in [9.17, 15) is 14.0 Å². The number of carbonyl (C=O) groups is 2. The molecule has 0 saturated heterocycles. The quantitative estimate of drug-likeness (QED) is 0.665. The Kier molecular flexibility index (Phi) is 6.62. The Morgan fingerprint density at radius 2 is 1.96 bits per heavy atom. The second kappa shape index (κ2) is 8.97. The zero-order valence-corrected chi connectivity index (χ0v) is 17.4. The minimum absolute atomic E-state index is 0.0556. The van der Waals surface area contributed by atoms with Crippen molar-refractivity contribution >= 4 is 23.1 Å². The van der Waals surface area contributed by atoms with E-state index in [-0.39, 0.29) is 23.5 Å². The molecule has 0 radical (unpaired) electrons. The molecule has 28 heavy (non-hydrogen) atoms. The Labute approximate surface area is 169 Å². The Hall–Kier alpha value is -2.05. The molecule has 1 saturated carbocycles. The summed E-state index contributed by atoms with van der Waals surface area (Å²) in [5.74, 6) is -0.495. The maximum absolute atomic E-state index is 14.4. The molecule has 150 valence electrons. The van der Waals surface area contributed by atoms with Gasteiger partial charge < -0.3 is 4.74 Å². The summed E-state index contributed by atoms with van der Waals surface area (Å²) in [7, 11) is 0. The van der Waals surface area contributed by atoms with Gasteiger partial charge in [-0.1, -0.05) is 32.0 Å². The van der Waals surface area contributed by atoms with E-state index in [1.807, 2.05) is 19.9 Å². The maximum Gasteiger partial charge on any atom is 0.308 e. The number of Topliss-reactive ketones (excluding diaryl/α,β-unsaturated/α-hetero) is 1. The molecule has 6 heteroatoms. The number of carbonyl (C=O) groups excluding carboxylic acids is 2. The summed E-state index contributed by atoms with van der Waals surface area (Å²) in [4.78, 5) is 27.4. The van der Waals surface area contributed by atoms with E-state index in [1.165, 1.54) is 29.2 Å². The first kappa shape index (κ1) is 20.7. The van der Waals surface area contributed by atoms with Crippen molar-refractivity contribution in [2.75, 3.05) is 6.54 Å². The van der Waals surface area contributed by atoms with Gasteiger partial charge in [0.05, 0.1) is 6.04 Å². The number of nitrogens with zero attached hydrogens (tertiary/aromatic N) is 1. The zero-order chi connectivity index (χ0) is 20.3. The standard InChI is InChI=1S/C20H20FNO3S.C2H6/c1-12(23)25-18-10-14-11-22(9-8-17(14)26-18)19(20(24)13-6-7-13)15-4-2-3-5-16(15)21;1-2/h2-5,10,13,19H,6-9,11H2,1H3;1-2H3. The summed E-state index contributed by atoms with van der Waals surface area (Å²) in [6.45, 7) is 6.63. The van der Waals surface area contributed by atoms with E-state index in [2.05, 4.69) is 4.90 Å². The summed E-state index contributed by atoms with van der Waals surface area (Å²) in [5.41, 5.74) is 1.52. The van der Waals surface area contributed by atoms with E-state index in [0.717, 1.165) is 24.8 Å². The summed E-state index contributed by atoms with van der Waals surface area (Å²) in [6, 6.07) is 7.89. The molecule has 1 aromatic heterocycles. The number of esters is 1. The third-order valence-electron chi connectivity index (χ3n) is 4.93. The number of halogens is 1. The van der Waals surface area contributed by atoms with Crippen LogP contribution in [0.1, 0.15) is 55.7 Å². The first-order chi connectivity index (χ1) is 13.5. The zero-order valence-electron chi connectivity index (χ0n) is 16.5. The summed E-state index contributed by atoms with van der Waals surface area (Å²) >= 11 is 1.47. The molecule has 0 amide bonds. The molecule has 4 rings (SSSR count). The van der Waals surface area contributed by atoms with E-state index in [0.29, 0.717) is 23.7 Å². The molecule has 0 N–H and O–H groups in total. The van der Waals surface area contributed by atoms with Crippen LogP contribution in [-0.4, -0.2) is 23.2 Å². The van der Waals surface area contributed by atoms with Crippen LogP contribution in [0.15, 0.2) is 30.3 Å². The highest BCUT2D eigenvalue weighted by Gasteiger charge is 2.40. The van der Waals surface area contributed by atoms with E-state index in [1.54, 1.807) is 18.2 Å². The van der Waals surface area contributed by atoms with Crippen LogP contribution in [0.2, 0.25) is 0 Å². The molecule has 1 unspecified atom stereocenters. The van der Waals surface area contributed by atoms with Crippen LogP contribution in [0.4, 0.5) is 4.39 Å². The lowest BCUT2D eigenvalue weighted by Gasteiger charge is -2.34. The predicted molar refractivity (Wildman–Crippen MR) is 108 cm³/mol. The van der Waals surface area contributed by atoms with Gasteiger partial charge >= 0.3 is 5.97 Å². The van der Waals surface area contributed by atoms with Crippen molar-refractivity contribution in [3.8, 4) is 5.06 Å². The fraction of sp³-hybridized carbons (Fsp3) is 0.455. The van der Waals surface area contributed by atoms with Crippen molar-refractivity contribution in [2.24, 2.45) is 5.92 Å². The summed E-state index contributed by atoms with van der Waals surface area (Å²) < 4.78 is 19.6. The minimum Gasteiger partial charge on any atom is -0.416 e. The highest BCUT2D eigenvalue weighted by atomic mass is 32.1. The second-order valence-electron chi connectivity index (χ2n) is 6.93. The van der Waals surface area contributed by atoms with Gasteiger partial charge in [0.2, 0.25) is 0 Å². The SMILES string of the molecule is CC.CC(=O)Oc1cc2c(s1)CCN(C(C(=O)C1CC1)c1ccccc1F)C2. The number of hydrogen-bond donors (Lipinski definition) is 0. The van der Waals surface area contributed by atoms with Crippen molar-refractivity contribution < 1.29 is 18.7 Å². The van der Waals surface area contributed by atoms with Crippen LogP contribution >= 0.6 is 11.3 Å². The van der Waals surface area contributed by atoms with Crippen LogP contribution in [0.25, 0.3) is 0 Å². The Morgan fingerprint density at radius 3 is 2.61 bits per heavy atom. The Balaban J connectivity index is 0.00000109. The van der Waals surface area contributed by atoms with Gasteiger partial charge in [-0.15, -0.1) is 11.3 Å². The van der Waals surface area contributed by atoms with Gasteiger partial charge in [-0.2, -0.15) is 0 Å². The van der Waals surface area contributed by atoms with Crippen molar-refractivity contribution in [3.63, 3.8) is 0 Å². The smallest absolute Gasteiger partial charge is 0.308 e. The van der Waals surface area contributed by atoms with Gasteiger partial charge in [0.15, 0.2) is 10.8 Å². The molecule has 2 aromatic rings. The van der Waals surface area contributed by atoms with Crippen molar-refractivity contribution in [1.82, 2.24) is 4.90 Å². The molecular weight excluding hydrogens is 377 g/mol. The minimum atomic E-state index is -0.547. The molecule has 1 fully saturated rings. The molecule has 2 heterocycles. The monoisotopic (exact) mass is 403 g/mol. The number of ketones is 1. The maximum atomic E-state index is 14.4. The third kappa shape index (κ3) is 4.50. The number of rotatable bonds is 5. The molecule has 1 aromatic carbocycles. The number of benzene rings is 1. The van der Waals surface area contributed by atoms with Crippen molar-refractivity contribution in [3.05, 3.63) is 52.2 Å². The molecule has 1 atom stereocenters. The van der Waals surface area contributed by atoms with Gasteiger partial charge in [-0.3, -0.25) is 14.5 Å². The van der Waals surface area contributed by atoms with Crippen LogP contribution < -0.4 is 4.74 Å². The normalized spacial score (nSPS) is 17.1. The molecule has 1 aliphatic heterocycles. The highest BCUT2D eigenvalue weighted by Crippen LogP contribution is 2.41. The number of fused-ring (bicyclic) bond motifs is 1. The van der Waals surface area contributed by atoms with E-state index < -0.39 is 6.04 Å². The van der Waals surface area contributed by atoms with E-state index >= 15 is 0 Å². The van der Waals surface area contributed by atoms with Crippen molar-refractivity contribution in [2.45, 2.75) is 52.6 Å². The second-order valence-corrected chi connectivity index (χ2v) is 8.03. The average Bonchev–Trinajstić information content (AvgIpc) is 3.45. The van der Waals surface area contributed by atoms with Crippen LogP contribution in [-0.2, 0) is 22.6 Å². The van der Waals surface area contributed by atoms with E-state index in [4.69, 9.17) is 4.74 Å². The summed E-state index contributed by atoms with van der Waals surface area (Å²) in [6.07, 6.45) is 2.57. The van der Waals surface area contributed by atoms with Gasteiger partial charge in [0, 0.05) is 36.4 Å². The first-order valence-corrected chi connectivity index (χ1v) is 10.7. The number of thiophene rings is 1. The van der Waals surface area contributed by atoms with Crippen LogP contribution in [0, 0.1) is 11.7 Å². The lowest BCUT2D eigenvalue weighted by molar-refractivity contribution is -0.131.